The van der Waals surface area contributed by atoms with Gasteiger partial charge in [0.2, 0.25) is 0 Å². The highest BCUT2D eigenvalue weighted by atomic mass is 16.2. The normalized spacial score (nSPS) is 10.5. The maximum absolute atomic E-state index is 12.5. The number of carbonyl (C=O) groups excluding carboxylic acids is 2. The number of nitrogens with two attached hydrogens (primary N) is 1. The van der Waals surface area contributed by atoms with Crippen LogP contribution in [0.4, 0.5) is 5.69 Å². The van der Waals surface area contributed by atoms with E-state index in [1.54, 1.807) is 67.4 Å². The molecule has 0 aliphatic heterocycles. The number of nitrogens with zero attached hydrogens (tertiary/aromatic N) is 3. The first kappa shape index (κ1) is 16.4. The molecule has 0 radical (unpaired) electrons. The maximum atomic E-state index is 12.5. The highest BCUT2D eigenvalue weighted by Crippen LogP contribution is 2.21. The number of rotatable bonds is 4. The van der Waals surface area contributed by atoms with Crippen LogP contribution in [0.2, 0.25) is 0 Å². The first-order valence-corrected chi connectivity index (χ1v) is 7.62. The van der Waals surface area contributed by atoms with E-state index in [9.17, 15) is 9.59 Å². The average Bonchev–Trinajstić information content (AvgIpc) is 3.01. The second kappa shape index (κ2) is 6.56. The van der Waals surface area contributed by atoms with Gasteiger partial charge in [-0.3, -0.25) is 14.3 Å². The number of nitrogens with one attached hydrogen (secondary N) is 1. The Morgan fingerprint density at radius 3 is 2.44 bits per heavy atom. The highest BCUT2D eigenvalue weighted by molar-refractivity contribution is 6.09. The van der Waals surface area contributed by atoms with Crippen LogP contribution in [0.3, 0.4) is 0 Å². The average molecular weight is 335 g/mol. The smallest absolute Gasteiger partial charge is 0.255 e. The molecule has 3 N–H and O–H groups in total. The molecule has 2 amide bonds. The van der Waals surface area contributed by atoms with Crippen molar-refractivity contribution in [2.75, 3.05) is 5.32 Å². The van der Waals surface area contributed by atoms with E-state index in [0.717, 1.165) is 5.56 Å². The van der Waals surface area contributed by atoms with Gasteiger partial charge in [-0.1, -0.05) is 24.3 Å². The fourth-order valence-corrected chi connectivity index (χ4v) is 2.54. The van der Waals surface area contributed by atoms with Crippen molar-refractivity contribution in [3.8, 4) is 11.4 Å². The molecule has 3 rings (SSSR count). The van der Waals surface area contributed by atoms with Crippen molar-refractivity contribution in [2.45, 2.75) is 6.92 Å². The highest BCUT2D eigenvalue weighted by Gasteiger charge is 2.14. The zero-order valence-corrected chi connectivity index (χ0v) is 13.9. The molecule has 0 fully saturated rings. The van der Waals surface area contributed by atoms with E-state index in [1.165, 1.54) is 0 Å². The Bertz CT molecular complexity index is 944. The van der Waals surface area contributed by atoms with Gasteiger partial charge in [-0.05, 0) is 30.7 Å². The number of primary amides is 1. The third kappa shape index (κ3) is 3.40. The van der Waals surface area contributed by atoms with Gasteiger partial charge in [-0.2, -0.15) is 5.10 Å². The van der Waals surface area contributed by atoms with Gasteiger partial charge in [0, 0.05) is 18.2 Å². The Morgan fingerprint density at radius 1 is 1.12 bits per heavy atom. The predicted octanol–water partition coefficient (Wildman–Crippen LogP) is 2.14. The summed E-state index contributed by atoms with van der Waals surface area (Å²) in [6, 6.07) is 12.1. The molecule has 0 spiro atoms. The molecule has 7 heteroatoms. The van der Waals surface area contributed by atoms with Gasteiger partial charge < -0.3 is 11.1 Å². The minimum atomic E-state index is -0.579. The van der Waals surface area contributed by atoms with Gasteiger partial charge in [0.25, 0.3) is 11.8 Å². The summed E-state index contributed by atoms with van der Waals surface area (Å²) in [7, 11) is 1.79. The molecule has 1 heterocycles. The first-order chi connectivity index (χ1) is 12.0. The van der Waals surface area contributed by atoms with Crippen molar-refractivity contribution in [3.63, 3.8) is 0 Å². The van der Waals surface area contributed by atoms with Crippen molar-refractivity contribution in [3.05, 3.63) is 65.5 Å². The van der Waals surface area contributed by atoms with Crippen LogP contribution in [0.1, 0.15) is 26.3 Å². The molecule has 0 saturated heterocycles. The van der Waals surface area contributed by atoms with E-state index in [4.69, 9.17) is 5.73 Å². The van der Waals surface area contributed by atoms with Crippen molar-refractivity contribution in [1.82, 2.24) is 14.8 Å². The second-order valence-corrected chi connectivity index (χ2v) is 5.64. The Morgan fingerprint density at radius 2 is 1.84 bits per heavy atom. The minimum Gasteiger partial charge on any atom is -0.366 e. The summed E-state index contributed by atoms with van der Waals surface area (Å²) < 4.78 is 1.61. The number of benzene rings is 2. The van der Waals surface area contributed by atoms with E-state index in [1.807, 2.05) is 0 Å². The third-order valence-electron chi connectivity index (χ3n) is 3.77. The molecule has 7 nitrogen and oxygen atoms in total. The molecular formula is C18H17N5O2. The van der Waals surface area contributed by atoms with Crippen LogP contribution in [0, 0.1) is 6.92 Å². The van der Waals surface area contributed by atoms with E-state index >= 15 is 0 Å². The quantitative estimate of drug-likeness (QED) is 0.762. The molecule has 0 unspecified atom stereocenters. The summed E-state index contributed by atoms with van der Waals surface area (Å²) in [5.74, 6) is -0.317. The van der Waals surface area contributed by atoms with E-state index in [2.05, 4.69) is 15.4 Å². The third-order valence-corrected chi connectivity index (χ3v) is 3.77. The van der Waals surface area contributed by atoms with Gasteiger partial charge in [-0.15, -0.1) is 0 Å². The van der Waals surface area contributed by atoms with Gasteiger partial charge >= 0.3 is 0 Å². The molecule has 0 saturated carbocycles. The van der Waals surface area contributed by atoms with Gasteiger partial charge in [-0.25, -0.2) is 4.98 Å². The summed E-state index contributed by atoms with van der Waals surface area (Å²) >= 11 is 0. The van der Waals surface area contributed by atoms with Gasteiger partial charge in [0.1, 0.15) is 6.33 Å². The Labute approximate surface area is 144 Å². The molecule has 0 atom stereocenters. The minimum absolute atomic E-state index is 0.310. The zero-order valence-electron chi connectivity index (χ0n) is 13.9. The molecule has 126 valence electrons. The number of hydrogen-bond acceptors (Lipinski definition) is 4. The molecular weight excluding hydrogens is 318 g/mol. The largest absolute Gasteiger partial charge is 0.366 e. The lowest BCUT2D eigenvalue weighted by atomic mass is 10.1. The fourth-order valence-electron chi connectivity index (χ4n) is 2.54. The van der Waals surface area contributed by atoms with E-state index in [0.29, 0.717) is 28.2 Å². The van der Waals surface area contributed by atoms with Crippen molar-refractivity contribution >= 4 is 17.5 Å². The lowest BCUT2D eigenvalue weighted by Crippen LogP contribution is -2.19. The van der Waals surface area contributed by atoms with Crippen molar-refractivity contribution in [1.29, 1.82) is 0 Å². The lowest BCUT2D eigenvalue weighted by Gasteiger charge is -2.11. The molecule has 1 aromatic heterocycles. The summed E-state index contributed by atoms with van der Waals surface area (Å²) in [6.07, 6.45) is 1.61. The first-order valence-electron chi connectivity index (χ1n) is 7.62. The van der Waals surface area contributed by atoms with Crippen molar-refractivity contribution < 1.29 is 9.59 Å². The summed E-state index contributed by atoms with van der Waals surface area (Å²) in [6.45, 7) is 1.77. The van der Waals surface area contributed by atoms with Crippen LogP contribution in [-0.2, 0) is 7.05 Å². The monoisotopic (exact) mass is 335 g/mol. The molecule has 0 aliphatic rings. The van der Waals surface area contributed by atoms with Crippen LogP contribution in [-0.4, -0.2) is 26.6 Å². The lowest BCUT2D eigenvalue weighted by molar-refractivity contribution is 0.100. The number of hydrogen-bond donors (Lipinski definition) is 2. The van der Waals surface area contributed by atoms with E-state index < -0.39 is 5.91 Å². The molecule has 0 bridgehead atoms. The SMILES string of the molecule is Cc1cccc(NC(=O)c2ccc(-c3ncn(C)n3)cc2)c1C(N)=O. The van der Waals surface area contributed by atoms with E-state index in [-0.39, 0.29) is 5.91 Å². The Hall–Kier alpha value is -3.48. The number of amides is 2. The topological polar surface area (TPSA) is 103 Å². The number of carbonyl (C=O) groups is 2. The van der Waals surface area contributed by atoms with Gasteiger partial charge in [0.15, 0.2) is 5.82 Å². The zero-order chi connectivity index (χ0) is 18.0. The number of aryl methyl sites for hydroxylation is 2. The van der Waals surface area contributed by atoms with Crippen LogP contribution in [0.15, 0.2) is 48.8 Å². The van der Waals surface area contributed by atoms with Crippen LogP contribution in [0.5, 0.6) is 0 Å². The van der Waals surface area contributed by atoms with Crippen LogP contribution in [0.25, 0.3) is 11.4 Å². The maximum Gasteiger partial charge on any atom is 0.255 e. The number of aromatic nitrogens is 3. The van der Waals surface area contributed by atoms with Crippen LogP contribution >= 0.6 is 0 Å². The Balaban J connectivity index is 1.83. The summed E-state index contributed by atoms with van der Waals surface area (Å²) in [5, 5.41) is 6.95. The molecule has 25 heavy (non-hydrogen) atoms. The Kier molecular flexibility index (Phi) is 4.30. The number of anilines is 1. The standard InChI is InChI=1S/C18H17N5O2/c1-11-4-3-5-14(15(11)16(19)24)21-18(25)13-8-6-12(7-9-13)17-20-10-23(2)22-17/h3-10H,1-2H3,(H2,19,24)(H,21,25). The second-order valence-electron chi connectivity index (χ2n) is 5.64. The van der Waals surface area contributed by atoms with Crippen molar-refractivity contribution in [2.24, 2.45) is 12.8 Å². The molecule has 2 aromatic carbocycles. The predicted molar refractivity (Wildman–Crippen MR) is 94.1 cm³/mol. The fraction of sp³-hybridized carbons (Fsp3) is 0.111. The summed E-state index contributed by atoms with van der Waals surface area (Å²) in [4.78, 5) is 28.2. The molecule has 3 aromatic rings. The molecule has 0 aliphatic carbocycles. The van der Waals surface area contributed by atoms with Gasteiger partial charge in [0.05, 0.1) is 11.3 Å². The summed E-state index contributed by atoms with van der Waals surface area (Å²) in [5.41, 5.74) is 8.09. The van der Waals surface area contributed by atoms with Crippen LogP contribution < -0.4 is 11.1 Å².